The predicted octanol–water partition coefficient (Wildman–Crippen LogP) is 2.36. The lowest BCUT2D eigenvalue weighted by Gasteiger charge is -2.32. The van der Waals surface area contributed by atoms with E-state index in [0.717, 1.165) is 31.1 Å². The highest BCUT2D eigenvalue weighted by molar-refractivity contribution is 5.39. The Hall–Kier alpha value is -1.26. The van der Waals surface area contributed by atoms with Gasteiger partial charge in [-0.25, -0.2) is 0 Å². The lowest BCUT2D eigenvalue weighted by Crippen LogP contribution is -2.42. The number of methoxy groups -OCH3 is 1. The van der Waals surface area contributed by atoms with Crippen LogP contribution in [-0.2, 0) is 6.54 Å². The first-order chi connectivity index (χ1) is 10.2. The number of phenols is 1. The molecule has 1 aliphatic heterocycles. The maximum absolute atomic E-state index is 10.0. The normalized spacial score (nSPS) is 20.6. The van der Waals surface area contributed by atoms with E-state index in [0.29, 0.717) is 17.5 Å². The van der Waals surface area contributed by atoms with Crippen LogP contribution < -0.4 is 10.1 Å². The largest absolute Gasteiger partial charge is 0.507 e. The number of aromatic hydroxyl groups is 1. The van der Waals surface area contributed by atoms with Crippen molar-refractivity contribution < 1.29 is 9.84 Å². The van der Waals surface area contributed by atoms with Crippen molar-refractivity contribution in [2.24, 2.45) is 5.92 Å². The van der Waals surface area contributed by atoms with Crippen LogP contribution in [-0.4, -0.2) is 42.8 Å². The van der Waals surface area contributed by atoms with Crippen molar-refractivity contribution in [3.05, 3.63) is 23.8 Å². The molecule has 2 N–H and O–H groups in total. The summed E-state index contributed by atoms with van der Waals surface area (Å²) in [5.41, 5.74) is 0.986. The van der Waals surface area contributed by atoms with Crippen molar-refractivity contribution in [3.8, 4) is 11.5 Å². The third kappa shape index (κ3) is 4.11. The lowest BCUT2D eigenvalue weighted by molar-refractivity contribution is 0.188. The zero-order chi connectivity index (χ0) is 14.7. The van der Waals surface area contributed by atoms with E-state index >= 15 is 0 Å². The van der Waals surface area contributed by atoms with Crippen molar-refractivity contribution in [1.29, 1.82) is 0 Å². The van der Waals surface area contributed by atoms with Gasteiger partial charge in [0, 0.05) is 24.2 Å². The first-order valence-electron chi connectivity index (χ1n) is 8.06. The fourth-order valence-electron chi connectivity index (χ4n) is 3.00. The summed E-state index contributed by atoms with van der Waals surface area (Å²) in [7, 11) is 1.62. The third-order valence-electron chi connectivity index (χ3n) is 4.67. The predicted molar refractivity (Wildman–Crippen MR) is 83.7 cm³/mol. The van der Waals surface area contributed by atoms with E-state index in [9.17, 15) is 5.11 Å². The van der Waals surface area contributed by atoms with Crippen molar-refractivity contribution >= 4 is 0 Å². The Kier molecular flexibility index (Phi) is 4.66. The highest BCUT2D eigenvalue weighted by atomic mass is 16.5. The zero-order valence-electron chi connectivity index (χ0n) is 12.8. The summed E-state index contributed by atoms with van der Waals surface area (Å²) in [5, 5.41) is 13.7. The molecule has 1 saturated heterocycles. The molecule has 1 aromatic carbocycles. The quantitative estimate of drug-likeness (QED) is 0.844. The van der Waals surface area contributed by atoms with Gasteiger partial charge in [-0.2, -0.15) is 0 Å². The van der Waals surface area contributed by atoms with Gasteiger partial charge in [-0.1, -0.05) is 6.07 Å². The number of phenolic OH excluding ortho intramolecular Hbond substituents is 1. The minimum atomic E-state index is 0.336. The molecule has 116 valence electrons. The fraction of sp³-hybridized carbons (Fsp3) is 0.647. The van der Waals surface area contributed by atoms with Crippen LogP contribution in [0.4, 0.5) is 0 Å². The number of benzene rings is 1. The van der Waals surface area contributed by atoms with Gasteiger partial charge in [0.05, 0.1) is 7.11 Å². The molecule has 1 aromatic rings. The van der Waals surface area contributed by atoms with Gasteiger partial charge in [0.15, 0.2) is 0 Å². The van der Waals surface area contributed by atoms with Crippen LogP contribution in [0.3, 0.4) is 0 Å². The second kappa shape index (κ2) is 6.67. The minimum Gasteiger partial charge on any atom is -0.507 e. The second-order valence-corrected chi connectivity index (χ2v) is 6.40. The van der Waals surface area contributed by atoms with Gasteiger partial charge >= 0.3 is 0 Å². The minimum absolute atomic E-state index is 0.336. The Balaban J connectivity index is 1.46. The highest BCUT2D eigenvalue weighted by Gasteiger charge is 2.24. The van der Waals surface area contributed by atoms with Crippen molar-refractivity contribution in [2.75, 3.05) is 26.7 Å². The standard InChI is InChI=1S/C17H26N2O2/c1-21-16-5-4-14(17(20)10-16)12-19-8-6-15(7-9-19)18-11-13-2-3-13/h4-5,10,13,15,18,20H,2-3,6-9,11-12H2,1H3. The Morgan fingerprint density at radius 1 is 1.24 bits per heavy atom. The molecule has 1 heterocycles. The van der Waals surface area contributed by atoms with E-state index in [2.05, 4.69) is 10.2 Å². The Morgan fingerprint density at radius 3 is 2.62 bits per heavy atom. The summed E-state index contributed by atoms with van der Waals surface area (Å²) in [6.45, 7) is 4.25. The van der Waals surface area contributed by atoms with Gasteiger partial charge < -0.3 is 15.2 Å². The second-order valence-electron chi connectivity index (χ2n) is 6.40. The Labute approximate surface area is 127 Å². The number of nitrogens with one attached hydrogen (secondary N) is 1. The van der Waals surface area contributed by atoms with Crippen LogP contribution in [0.5, 0.6) is 11.5 Å². The van der Waals surface area contributed by atoms with E-state index in [1.807, 2.05) is 12.1 Å². The molecule has 0 unspecified atom stereocenters. The molecule has 1 aliphatic carbocycles. The van der Waals surface area contributed by atoms with Gasteiger partial charge in [-0.15, -0.1) is 0 Å². The van der Waals surface area contributed by atoms with E-state index < -0.39 is 0 Å². The molecule has 1 saturated carbocycles. The maximum atomic E-state index is 10.0. The molecule has 4 heteroatoms. The van der Waals surface area contributed by atoms with Crippen LogP contribution in [0.1, 0.15) is 31.2 Å². The average Bonchev–Trinajstić information content (AvgIpc) is 3.33. The van der Waals surface area contributed by atoms with Crippen molar-refractivity contribution in [3.63, 3.8) is 0 Å². The van der Waals surface area contributed by atoms with E-state index in [-0.39, 0.29) is 0 Å². The molecule has 3 rings (SSSR count). The zero-order valence-corrected chi connectivity index (χ0v) is 12.8. The van der Waals surface area contributed by atoms with Gasteiger partial charge in [0.25, 0.3) is 0 Å². The molecule has 21 heavy (non-hydrogen) atoms. The summed E-state index contributed by atoms with van der Waals surface area (Å²) < 4.78 is 5.12. The van der Waals surface area contributed by atoms with Crippen LogP contribution in [0.2, 0.25) is 0 Å². The number of piperidine rings is 1. The lowest BCUT2D eigenvalue weighted by atomic mass is 10.0. The molecule has 0 radical (unpaired) electrons. The molecule has 4 nitrogen and oxygen atoms in total. The first kappa shape index (κ1) is 14.7. The topological polar surface area (TPSA) is 44.7 Å². The van der Waals surface area contributed by atoms with Crippen LogP contribution in [0, 0.1) is 5.92 Å². The molecular weight excluding hydrogens is 264 g/mol. The van der Waals surface area contributed by atoms with E-state index in [1.165, 1.54) is 32.2 Å². The Morgan fingerprint density at radius 2 is 2.00 bits per heavy atom. The number of nitrogens with zero attached hydrogens (tertiary/aromatic N) is 1. The molecule has 0 bridgehead atoms. The molecule has 2 aliphatic rings. The summed E-state index contributed by atoms with van der Waals surface area (Å²) >= 11 is 0. The number of hydrogen-bond acceptors (Lipinski definition) is 4. The number of likely N-dealkylation sites (tertiary alicyclic amines) is 1. The fourth-order valence-corrected chi connectivity index (χ4v) is 3.00. The molecule has 0 atom stereocenters. The monoisotopic (exact) mass is 290 g/mol. The average molecular weight is 290 g/mol. The molecule has 2 fully saturated rings. The summed E-state index contributed by atoms with van der Waals surface area (Å²) in [6.07, 6.45) is 5.26. The van der Waals surface area contributed by atoms with E-state index in [4.69, 9.17) is 4.74 Å². The first-order valence-corrected chi connectivity index (χ1v) is 8.06. The summed E-state index contributed by atoms with van der Waals surface area (Å²) in [5.74, 6) is 2.00. The molecule has 0 amide bonds. The SMILES string of the molecule is COc1ccc(CN2CCC(NCC3CC3)CC2)c(O)c1. The maximum Gasteiger partial charge on any atom is 0.123 e. The van der Waals surface area contributed by atoms with Gasteiger partial charge in [0.2, 0.25) is 0 Å². The molecule has 0 aromatic heterocycles. The van der Waals surface area contributed by atoms with Crippen LogP contribution in [0.15, 0.2) is 18.2 Å². The van der Waals surface area contributed by atoms with Gasteiger partial charge in [-0.05, 0) is 57.3 Å². The smallest absolute Gasteiger partial charge is 0.123 e. The molecular formula is C17H26N2O2. The van der Waals surface area contributed by atoms with Crippen LogP contribution >= 0.6 is 0 Å². The van der Waals surface area contributed by atoms with Gasteiger partial charge in [-0.3, -0.25) is 4.90 Å². The van der Waals surface area contributed by atoms with Crippen LogP contribution in [0.25, 0.3) is 0 Å². The molecule has 0 spiro atoms. The summed E-state index contributed by atoms with van der Waals surface area (Å²) in [4.78, 5) is 2.43. The number of hydrogen-bond donors (Lipinski definition) is 2. The summed E-state index contributed by atoms with van der Waals surface area (Å²) in [6, 6.07) is 6.26. The van der Waals surface area contributed by atoms with Crippen molar-refractivity contribution in [1.82, 2.24) is 10.2 Å². The number of ether oxygens (including phenoxy) is 1. The Bertz CT molecular complexity index is 466. The van der Waals surface area contributed by atoms with E-state index in [1.54, 1.807) is 13.2 Å². The van der Waals surface area contributed by atoms with Gasteiger partial charge in [0.1, 0.15) is 11.5 Å². The highest BCUT2D eigenvalue weighted by Crippen LogP contribution is 2.28. The third-order valence-corrected chi connectivity index (χ3v) is 4.67. The number of rotatable bonds is 6. The van der Waals surface area contributed by atoms with Crippen molar-refractivity contribution in [2.45, 2.75) is 38.3 Å².